The van der Waals surface area contributed by atoms with Gasteiger partial charge in [0, 0.05) is 6.92 Å². The van der Waals surface area contributed by atoms with Gasteiger partial charge in [-0.3, -0.25) is 0 Å². The van der Waals surface area contributed by atoms with Gasteiger partial charge >= 0.3 is 0 Å². The number of aromatic nitrogens is 1. The van der Waals surface area contributed by atoms with Crippen molar-refractivity contribution in [3.8, 4) is 17.2 Å². The Hall–Kier alpha value is -2.08. The fraction of sp³-hybridized carbons (Fsp3) is 0.0909. The minimum Gasteiger partial charge on any atom is -0.449 e. The Labute approximate surface area is 81.6 Å². The van der Waals surface area contributed by atoms with E-state index in [0.717, 1.165) is 11.5 Å². The molecule has 3 nitrogen and oxygen atoms in total. The van der Waals surface area contributed by atoms with Crippen LogP contribution in [0, 0.1) is 18.3 Å². The second-order valence-electron chi connectivity index (χ2n) is 2.96. The van der Waals surface area contributed by atoms with E-state index in [9.17, 15) is 0 Å². The first-order valence-electron chi connectivity index (χ1n) is 4.21. The van der Waals surface area contributed by atoms with Gasteiger partial charge in [-0.25, -0.2) is 4.98 Å². The Morgan fingerprint density at radius 3 is 2.29 bits per heavy atom. The maximum absolute atomic E-state index is 8.31. The van der Waals surface area contributed by atoms with E-state index in [1.165, 1.54) is 11.1 Å². The van der Waals surface area contributed by atoms with Crippen LogP contribution in [0.4, 0.5) is 0 Å². The monoisotopic (exact) mass is 184 g/mol. The molecule has 2 aliphatic carbocycles. The molecule has 0 radical (unpaired) electrons. The fourth-order valence-electron chi connectivity index (χ4n) is 1.12. The number of aryl methyl sites for hydroxylation is 1. The highest BCUT2D eigenvalue weighted by molar-refractivity contribution is 5.83. The third-order valence-electron chi connectivity index (χ3n) is 1.87. The molecule has 1 heterocycles. The number of rotatable bonds is 0. The van der Waals surface area contributed by atoms with Crippen molar-refractivity contribution >= 4 is 0 Å². The quantitative estimate of drug-likeness (QED) is 0.539. The molecule has 3 heteroatoms. The van der Waals surface area contributed by atoms with Crippen LogP contribution in [-0.4, -0.2) is 4.98 Å². The van der Waals surface area contributed by atoms with Crippen LogP contribution in [0.3, 0.4) is 0 Å². The van der Waals surface area contributed by atoms with Gasteiger partial charge in [0.15, 0.2) is 5.89 Å². The Morgan fingerprint density at radius 2 is 2.00 bits per heavy atom. The highest BCUT2D eigenvalue weighted by atomic mass is 16.3. The van der Waals surface area contributed by atoms with E-state index in [4.69, 9.17) is 9.68 Å². The second kappa shape index (κ2) is 3.35. The van der Waals surface area contributed by atoms with Gasteiger partial charge in [-0.1, -0.05) is 0 Å². The molecule has 0 N–H and O–H groups in total. The lowest BCUT2D eigenvalue weighted by atomic mass is 10.4. The van der Waals surface area contributed by atoms with Crippen LogP contribution >= 0.6 is 0 Å². The summed E-state index contributed by atoms with van der Waals surface area (Å²) < 4.78 is 4.72. The third kappa shape index (κ3) is 1.80. The van der Waals surface area contributed by atoms with Crippen LogP contribution in [0.1, 0.15) is 11.5 Å². The molecule has 14 heavy (non-hydrogen) atoms. The summed E-state index contributed by atoms with van der Waals surface area (Å²) in [4.78, 5) is 3.75. The predicted molar refractivity (Wildman–Crippen MR) is 51.4 cm³/mol. The number of benzene rings is 1. The second-order valence-corrected chi connectivity index (χ2v) is 2.96. The van der Waals surface area contributed by atoms with Crippen LogP contribution in [0.15, 0.2) is 35.1 Å². The lowest BCUT2D eigenvalue weighted by Crippen LogP contribution is -1.59. The molecule has 0 aliphatic heterocycles. The molecule has 0 aromatic carbocycles. The van der Waals surface area contributed by atoms with Gasteiger partial charge in [-0.15, -0.1) is 0 Å². The van der Waals surface area contributed by atoms with Crippen molar-refractivity contribution in [1.82, 2.24) is 4.98 Å². The lowest BCUT2D eigenvalue weighted by Gasteiger charge is -1.67. The molecule has 0 saturated carbocycles. The van der Waals surface area contributed by atoms with E-state index in [0.29, 0.717) is 0 Å². The maximum Gasteiger partial charge on any atom is 0.190 e. The molecule has 0 spiro atoms. The average Bonchev–Trinajstić information content (AvgIpc) is 2.66. The first-order chi connectivity index (χ1) is 6.79. The standard InChI is InChI=1S/C7H3N.C4H5NO/c8-4-5-1-6-3-7(6)2-5;1-4-5-2-3-6-4/h1-3H;2-3H,1H3. The first kappa shape index (κ1) is 8.52. The van der Waals surface area contributed by atoms with Crippen molar-refractivity contribution in [3.63, 3.8) is 0 Å². The SMILES string of the molecule is Cc1ncco1.N#Cc1cc2cc-2c1. The summed E-state index contributed by atoms with van der Waals surface area (Å²) in [5.74, 6) is 0.718. The molecule has 0 amide bonds. The largest absolute Gasteiger partial charge is 0.449 e. The number of hydrogen-bond acceptors (Lipinski definition) is 3. The summed E-state index contributed by atoms with van der Waals surface area (Å²) in [5.41, 5.74) is 3.26. The molecule has 1 aromatic heterocycles. The van der Waals surface area contributed by atoms with E-state index in [-0.39, 0.29) is 0 Å². The minimum atomic E-state index is 0.718. The van der Waals surface area contributed by atoms with E-state index in [1.54, 1.807) is 19.4 Å². The molecular formula is C11H8N2O. The van der Waals surface area contributed by atoms with Gasteiger partial charge in [0.25, 0.3) is 0 Å². The molecule has 0 atom stereocenters. The normalized spacial score (nSPS) is 9.71. The number of hydrogen-bond donors (Lipinski definition) is 0. The minimum absolute atomic E-state index is 0.718. The molecule has 0 fully saturated rings. The summed E-state index contributed by atoms with van der Waals surface area (Å²) >= 11 is 0. The van der Waals surface area contributed by atoms with Gasteiger partial charge < -0.3 is 4.42 Å². The van der Waals surface area contributed by atoms with Gasteiger partial charge in [-0.05, 0) is 29.3 Å². The van der Waals surface area contributed by atoms with Gasteiger partial charge in [-0.2, -0.15) is 5.26 Å². The maximum atomic E-state index is 8.31. The van der Waals surface area contributed by atoms with E-state index in [1.807, 2.05) is 12.1 Å². The van der Waals surface area contributed by atoms with Gasteiger partial charge in [0.05, 0.1) is 17.8 Å². The highest BCUT2D eigenvalue weighted by Crippen LogP contribution is 2.35. The number of oxazole rings is 1. The number of nitrogens with zero attached hydrogens (tertiary/aromatic N) is 2. The zero-order valence-electron chi connectivity index (χ0n) is 7.69. The molecule has 1 aromatic rings. The molecule has 2 aliphatic rings. The summed E-state index contributed by atoms with van der Waals surface area (Å²) in [5, 5.41) is 8.31. The van der Waals surface area contributed by atoms with Crippen LogP contribution in [0.5, 0.6) is 0 Å². The van der Waals surface area contributed by atoms with Crippen LogP contribution in [0.2, 0.25) is 0 Å². The average molecular weight is 184 g/mol. The summed E-state index contributed by atoms with van der Waals surface area (Å²) in [6.45, 7) is 1.81. The van der Waals surface area contributed by atoms with Crippen LogP contribution < -0.4 is 0 Å². The fourth-order valence-corrected chi connectivity index (χ4v) is 1.12. The zero-order valence-corrected chi connectivity index (χ0v) is 7.69. The molecular weight excluding hydrogens is 176 g/mol. The third-order valence-corrected chi connectivity index (χ3v) is 1.87. The lowest BCUT2D eigenvalue weighted by molar-refractivity contribution is 0.521. The summed E-state index contributed by atoms with van der Waals surface area (Å²) in [6, 6.07) is 7.92. The summed E-state index contributed by atoms with van der Waals surface area (Å²) in [7, 11) is 0. The van der Waals surface area contributed by atoms with E-state index < -0.39 is 0 Å². The van der Waals surface area contributed by atoms with Crippen LogP contribution in [-0.2, 0) is 0 Å². The van der Waals surface area contributed by atoms with Crippen molar-refractivity contribution in [2.45, 2.75) is 6.92 Å². The van der Waals surface area contributed by atoms with Crippen molar-refractivity contribution in [1.29, 1.82) is 5.26 Å². The first-order valence-corrected chi connectivity index (χ1v) is 4.21. The van der Waals surface area contributed by atoms with Crippen molar-refractivity contribution in [2.75, 3.05) is 0 Å². The van der Waals surface area contributed by atoms with E-state index >= 15 is 0 Å². The molecule has 68 valence electrons. The molecule has 3 rings (SSSR count). The van der Waals surface area contributed by atoms with Gasteiger partial charge in [0.2, 0.25) is 0 Å². The van der Waals surface area contributed by atoms with Gasteiger partial charge in [0.1, 0.15) is 6.26 Å². The van der Waals surface area contributed by atoms with E-state index in [2.05, 4.69) is 17.1 Å². The smallest absolute Gasteiger partial charge is 0.190 e. The Balaban J connectivity index is 0.000000112. The highest BCUT2D eigenvalue weighted by Gasteiger charge is 2.12. The van der Waals surface area contributed by atoms with Crippen molar-refractivity contribution in [3.05, 3.63) is 42.1 Å². The predicted octanol–water partition coefficient (Wildman–Crippen LogP) is 2.52. The van der Waals surface area contributed by atoms with Crippen molar-refractivity contribution in [2.24, 2.45) is 0 Å². The Morgan fingerprint density at radius 1 is 1.29 bits per heavy atom. The van der Waals surface area contributed by atoms with Crippen LogP contribution in [0.25, 0.3) is 11.1 Å². The summed E-state index contributed by atoms with van der Waals surface area (Å²) in [6.07, 6.45) is 3.17. The molecule has 0 bridgehead atoms. The molecule has 0 saturated heterocycles. The number of nitriles is 1. The zero-order chi connectivity index (χ0) is 9.97. The van der Waals surface area contributed by atoms with Crippen molar-refractivity contribution < 1.29 is 4.42 Å². The Kier molecular flexibility index (Phi) is 2.04. The molecule has 0 unspecified atom stereocenters. The topological polar surface area (TPSA) is 49.8 Å². The Bertz CT molecular complexity index is 460. The number of fused-ring (bicyclic) bond motifs is 1.